The van der Waals surface area contributed by atoms with Crippen LogP contribution in [0.25, 0.3) is 0 Å². The minimum atomic E-state index is 0.759. The Bertz CT molecular complexity index is 271. The molecule has 1 unspecified atom stereocenters. The summed E-state index contributed by atoms with van der Waals surface area (Å²) in [5.41, 5.74) is 1.43. The van der Waals surface area contributed by atoms with Gasteiger partial charge in [-0.3, -0.25) is 0 Å². The Morgan fingerprint density at radius 3 is 3.17 bits per heavy atom. The zero-order valence-electron chi connectivity index (χ0n) is 6.66. The molecule has 0 aliphatic carbocycles. The summed E-state index contributed by atoms with van der Waals surface area (Å²) in [5.74, 6) is 3.34. The van der Waals surface area contributed by atoms with Crippen LogP contribution in [0, 0.1) is 0 Å². The van der Waals surface area contributed by atoms with E-state index in [0.717, 1.165) is 10.5 Å². The first-order valence-electron chi connectivity index (χ1n) is 4.05. The molecule has 64 valence electrons. The molecule has 1 aromatic heterocycles. The van der Waals surface area contributed by atoms with Crippen molar-refractivity contribution in [2.45, 2.75) is 12.3 Å². The van der Waals surface area contributed by atoms with Crippen molar-refractivity contribution in [1.29, 1.82) is 0 Å². The van der Waals surface area contributed by atoms with Gasteiger partial charge in [0.05, 0.1) is 0 Å². The molecule has 12 heavy (non-hydrogen) atoms. The molecule has 3 heteroatoms. The van der Waals surface area contributed by atoms with Crippen molar-refractivity contribution < 1.29 is 0 Å². The summed E-state index contributed by atoms with van der Waals surface area (Å²) in [7, 11) is 0. The number of rotatable bonds is 1. The maximum atomic E-state index is 4.12. The van der Waals surface area contributed by atoms with Crippen LogP contribution in [0.2, 0.25) is 0 Å². The summed E-state index contributed by atoms with van der Waals surface area (Å²) in [6, 6.07) is 4.26. The molecule has 2 rings (SSSR count). The summed E-state index contributed by atoms with van der Waals surface area (Å²) in [6.07, 6.45) is 3.20. The highest BCUT2D eigenvalue weighted by Crippen LogP contribution is 2.32. The lowest BCUT2D eigenvalue weighted by atomic mass is 10.0. The summed E-state index contributed by atoms with van der Waals surface area (Å²) in [4.78, 5) is 4.12. The van der Waals surface area contributed by atoms with Crippen LogP contribution in [0.5, 0.6) is 0 Å². The Morgan fingerprint density at radius 2 is 2.50 bits per heavy atom. The highest BCUT2D eigenvalue weighted by Gasteiger charge is 2.17. The maximum Gasteiger partial charge on any atom is 0.106 e. The summed E-state index contributed by atoms with van der Waals surface area (Å²) in [5, 5.41) is 0. The molecule has 0 bridgehead atoms. The molecular weight excluding hydrogens is 234 g/mol. The number of aromatic nitrogens is 1. The topological polar surface area (TPSA) is 12.9 Å². The molecule has 1 aliphatic heterocycles. The van der Waals surface area contributed by atoms with E-state index in [1.165, 1.54) is 23.5 Å². The van der Waals surface area contributed by atoms with Gasteiger partial charge in [0.15, 0.2) is 0 Å². The van der Waals surface area contributed by atoms with E-state index in [2.05, 4.69) is 33.0 Å². The predicted octanol–water partition coefficient (Wildman–Crippen LogP) is 3.06. The third-order valence-corrected chi connectivity index (χ3v) is 3.75. The lowest BCUT2D eigenvalue weighted by molar-refractivity contribution is 0.779. The SMILES string of the molecule is Brc1cc(C2CCSC2)ccn1. The van der Waals surface area contributed by atoms with E-state index in [1.54, 1.807) is 0 Å². The summed E-state index contributed by atoms with van der Waals surface area (Å²) in [6.45, 7) is 0. The first-order chi connectivity index (χ1) is 5.86. The van der Waals surface area contributed by atoms with Gasteiger partial charge in [0, 0.05) is 11.9 Å². The number of thioether (sulfide) groups is 1. The van der Waals surface area contributed by atoms with E-state index >= 15 is 0 Å². The number of pyridine rings is 1. The molecule has 2 heterocycles. The van der Waals surface area contributed by atoms with Crippen molar-refractivity contribution in [3.05, 3.63) is 28.5 Å². The fourth-order valence-electron chi connectivity index (χ4n) is 1.47. The average Bonchev–Trinajstić information content (AvgIpc) is 2.56. The Balaban J connectivity index is 2.21. The van der Waals surface area contributed by atoms with Crippen molar-refractivity contribution in [3.8, 4) is 0 Å². The molecule has 1 nitrogen and oxygen atoms in total. The molecule has 1 aliphatic rings. The van der Waals surface area contributed by atoms with Gasteiger partial charge in [-0.1, -0.05) is 0 Å². The molecule has 0 N–H and O–H groups in total. The van der Waals surface area contributed by atoms with Gasteiger partial charge < -0.3 is 0 Å². The van der Waals surface area contributed by atoms with Crippen LogP contribution in [0.3, 0.4) is 0 Å². The van der Waals surface area contributed by atoms with Crippen LogP contribution in [-0.4, -0.2) is 16.5 Å². The van der Waals surface area contributed by atoms with Crippen molar-refractivity contribution in [2.24, 2.45) is 0 Å². The van der Waals surface area contributed by atoms with Crippen LogP contribution in [0.4, 0.5) is 0 Å². The molecule has 0 amide bonds. The first-order valence-corrected chi connectivity index (χ1v) is 6.00. The summed E-state index contributed by atoms with van der Waals surface area (Å²) < 4.78 is 0.955. The van der Waals surface area contributed by atoms with E-state index in [1.807, 2.05) is 18.0 Å². The van der Waals surface area contributed by atoms with Gasteiger partial charge >= 0.3 is 0 Å². The van der Waals surface area contributed by atoms with Gasteiger partial charge in [-0.25, -0.2) is 4.98 Å². The molecule has 1 saturated heterocycles. The van der Waals surface area contributed by atoms with Crippen LogP contribution < -0.4 is 0 Å². The van der Waals surface area contributed by atoms with Crippen LogP contribution in [0.1, 0.15) is 17.9 Å². The van der Waals surface area contributed by atoms with Gasteiger partial charge in [0.2, 0.25) is 0 Å². The Morgan fingerprint density at radius 1 is 1.58 bits per heavy atom. The highest BCUT2D eigenvalue weighted by molar-refractivity contribution is 9.10. The van der Waals surface area contributed by atoms with Gasteiger partial charge in [-0.05, 0) is 51.7 Å². The minimum Gasteiger partial charge on any atom is -0.249 e. The monoisotopic (exact) mass is 243 g/mol. The van der Waals surface area contributed by atoms with Crippen LogP contribution in [0.15, 0.2) is 22.9 Å². The van der Waals surface area contributed by atoms with Crippen molar-refractivity contribution in [3.63, 3.8) is 0 Å². The quantitative estimate of drug-likeness (QED) is 0.704. The normalized spacial score (nSPS) is 22.9. The van der Waals surface area contributed by atoms with E-state index in [9.17, 15) is 0 Å². The van der Waals surface area contributed by atoms with Gasteiger partial charge in [-0.15, -0.1) is 0 Å². The highest BCUT2D eigenvalue weighted by atomic mass is 79.9. The molecule has 0 spiro atoms. The second-order valence-electron chi connectivity index (χ2n) is 2.97. The van der Waals surface area contributed by atoms with E-state index < -0.39 is 0 Å². The predicted molar refractivity (Wildman–Crippen MR) is 56.6 cm³/mol. The Labute approximate surface area is 85.1 Å². The third-order valence-electron chi connectivity index (χ3n) is 2.15. The number of nitrogens with zero attached hydrogens (tertiary/aromatic N) is 1. The van der Waals surface area contributed by atoms with Crippen LogP contribution in [-0.2, 0) is 0 Å². The third kappa shape index (κ3) is 1.83. The fraction of sp³-hybridized carbons (Fsp3) is 0.444. The Hall–Kier alpha value is -0.0200. The smallest absolute Gasteiger partial charge is 0.106 e. The number of hydrogen-bond donors (Lipinski definition) is 0. The maximum absolute atomic E-state index is 4.12. The van der Waals surface area contributed by atoms with Crippen molar-refractivity contribution in [2.75, 3.05) is 11.5 Å². The van der Waals surface area contributed by atoms with Crippen molar-refractivity contribution in [1.82, 2.24) is 4.98 Å². The molecule has 0 aromatic carbocycles. The lowest BCUT2D eigenvalue weighted by Gasteiger charge is -2.07. The van der Waals surface area contributed by atoms with Gasteiger partial charge in [0.25, 0.3) is 0 Å². The zero-order chi connectivity index (χ0) is 8.39. The van der Waals surface area contributed by atoms with E-state index in [4.69, 9.17) is 0 Å². The number of hydrogen-bond acceptors (Lipinski definition) is 2. The second-order valence-corrected chi connectivity index (χ2v) is 4.93. The van der Waals surface area contributed by atoms with E-state index in [-0.39, 0.29) is 0 Å². The first kappa shape index (κ1) is 8.57. The molecule has 1 atom stereocenters. The number of halogens is 1. The second kappa shape index (κ2) is 3.79. The van der Waals surface area contributed by atoms with Crippen LogP contribution >= 0.6 is 27.7 Å². The molecular formula is C9H10BrNS. The lowest BCUT2D eigenvalue weighted by Crippen LogP contribution is -1.96. The molecule has 1 fully saturated rings. The molecule has 0 radical (unpaired) electrons. The summed E-state index contributed by atoms with van der Waals surface area (Å²) >= 11 is 5.44. The standard InChI is InChI=1S/C9H10BrNS/c10-9-5-7(1-3-11-9)8-2-4-12-6-8/h1,3,5,8H,2,4,6H2. The Kier molecular flexibility index (Phi) is 2.71. The van der Waals surface area contributed by atoms with Gasteiger partial charge in [-0.2, -0.15) is 11.8 Å². The molecule has 1 aromatic rings. The molecule has 0 saturated carbocycles. The van der Waals surface area contributed by atoms with Crippen molar-refractivity contribution >= 4 is 27.7 Å². The zero-order valence-corrected chi connectivity index (χ0v) is 9.07. The minimum absolute atomic E-state index is 0.759. The average molecular weight is 244 g/mol. The largest absolute Gasteiger partial charge is 0.249 e. The van der Waals surface area contributed by atoms with Gasteiger partial charge in [0.1, 0.15) is 4.60 Å². The fourth-order valence-corrected chi connectivity index (χ4v) is 3.11. The van der Waals surface area contributed by atoms with E-state index in [0.29, 0.717) is 0 Å².